The number of carbonyl (C=O) groups excluding carboxylic acids is 2. The third-order valence-electron chi connectivity index (χ3n) is 3.50. The first kappa shape index (κ1) is 20.3. The highest BCUT2D eigenvalue weighted by molar-refractivity contribution is 6.31. The fourth-order valence-electron chi connectivity index (χ4n) is 2.41. The van der Waals surface area contributed by atoms with Crippen molar-refractivity contribution in [1.29, 1.82) is 0 Å². The van der Waals surface area contributed by atoms with Crippen molar-refractivity contribution in [2.24, 2.45) is 17.6 Å². The Kier molecular flexibility index (Phi) is 8.05. The first-order valence-electron chi connectivity index (χ1n) is 8.18. The summed E-state index contributed by atoms with van der Waals surface area (Å²) in [5, 5.41) is 0.470. The van der Waals surface area contributed by atoms with Crippen molar-refractivity contribution >= 4 is 23.4 Å². The van der Waals surface area contributed by atoms with E-state index in [-0.39, 0.29) is 17.7 Å². The number of piperidine rings is 1. The molecule has 0 unspecified atom stereocenters. The number of hydrogen-bond acceptors (Lipinski definition) is 3. The minimum Gasteiger partial charge on any atom is -0.496 e. The van der Waals surface area contributed by atoms with Crippen LogP contribution in [0.15, 0.2) is 18.2 Å². The van der Waals surface area contributed by atoms with E-state index in [1.807, 2.05) is 0 Å². The monoisotopic (exact) mass is 354 g/mol. The van der Waals surface area contributed by atoms with Crippen LogP contribution < -0.4 is 10.5 Å². The van der Waals surface area contributed by atoms with Gasteiger partial charge in [0.05, 0.1) is 18.6 Å². The molecule has 2 amide bonds. The van der Waals surface area contributed by atoms with Gasteiger partial charge in [0.15, 0.2) is 0 Å². The van der Waals surface area contributed by atoms with Gasteiger partial charge < -0.3 is 15.4 Å². The van der Waals surface area contributed by atoms with Gasteiger partial charge in [0.1, 0.15) is 5.75 Å². The number of nitrogens with zero attached hydrogens (tertiary/aromatic N) is 1. The van der Waals surface area contributed by atoms with Crippen LogP contribution in [0.1, 0.15) is 44.0 Å². The fourth-order valence-corrected chi connectivity index (χ4v) is 2.58. The van der Waals surface area contributed by atoms with Gasteiger partial charge in [-0.25, -0.2) is 0 Å². The predicted octanol–water partition coefficient (Wildman–Crippen LogP) is 3.35. The summed E-state index contributed by atoms with van der Waals surface area (Å²) in [4.78, 5) is 25.4. The fraction of sp³-hybridized carbons (Fsp3) is 0.556. The number of ether oxygens (including phenoxy) is 1. The Labute approximate surface area is 149 Å². The Morgan fingerprint density at radius 3 is 2.50 bits per heavy atom. The maximum absolute atomic E-state index is 12.5. The summed E-state index contributed by atoms with van der Waals surface area (Å²) < 4.78 is 5.19. The Bertz CT molecular complexity index is 573. The Morgan fingerprint density at radius 1 is 1.33 bits per heavy atom. The van der Waals surface area contributed by atoms with Crippen molar-refractivity contribution in [1.82, 2.24) is 4.90 Å². The number of primary amides is 1. The molecule has 1 aromatic rings. The van der Waals surface area contributed by atoms with Gasteiger partial charge >= 0.3 is 0 Å². The lowest BCUT2D eigenvalue weighted by Crippen LogP contribution is -2.44. The largest absolute Gasteiger partial charge is 0.496 e. The number of rotatable bonds is 3. The average molecular weight is 355 g/mol. The zero-order valence-corrected chi connectivity index (χ0v) is 15.6. The molecule has 0 aromatic heterocycles. The third-order valence-corrected chi connectivity index (χ3v) is 3.74. The van der Waals surface area contributed by atoms with Gasteiger partial charge in [-0.3, -0.25) is 9.59 Å². The molecule has 1 heterocycles. The van der Waals surface area contributed by atoms with Crippen LogP contribution in [0.3, 0.4) is 0 Å². The molecule has 0 saturated carbocycles. The highest BCUT2D eigenvalue weighted by atomic mass is 35.5. The standard InChI is InChI=1S/C14H17ClN2O3.C4H10/c1-20-12-5-4-10(15)7-11(12)14(19)17-6-2-3-9(8-17)13(16)18;1-4(2)3/h4-5,7,9H,2-3,6,8H2,1H3,(H2,16,18);4H,1-3H3/t9-;/m1./s1. The number of likely N-dealkylation sites (tertiary alicyclic amines) is 1. The summed E-state index contributed by atoms with van der Waals surface area (Å²) in [7, 11) is 1.50. The van der Waals surface area contributed by atoms with Gasteiger partial charge in [-0.05, 0) is 37.0 Å². The number of hydrogen-bond donors (Lipinski definition) is 1. The summed E-state index contributed by atoms with van der Waals surface area (Å²) >= 11 is 5.94. The Hall–Kier alpha value is -1.75. The number of methoxy groups -OCH3 is 1. The van der Waals surface area contributed by atoms with Crippen LogP contribution in [-0.2, 0) is 4.79 Å². The lowest BCUT2D eigenvalue weighted by Gasteiger charge is -2.31. The van der Waals surface area contributed by atoms with Crippen molar-refractivity contribution in [2.45, 2.75) is 33.6 Å². The average Bonchev–Trinajstić information content (AvgIpc) is 2.53. The third kappa shape index (κ3) is 6.04. The number of benzene rings is 1. The summed E-state index contributed by atoms with van der Waals surface area (Å²) in [5.41, 5.74) is 5.73. The van der Waals surface area contributed by atoms with E-state index in [4.69, 9.17) is 22.1 Å². The second-order valence-corrected chi connectivity index (χ2v) is 7.01. The van der Waals surface area contributed by atoms with Crippen LogP contribution in [0.4, 0.5) is 0 Å². The van der Waals surface area contributed by atoms with Crippen LogP contribution in [0.25, 0.3) is 0 Å². The maximum atomic E-state index is 12.5. The molecule has 0 radical (unpaired) electrons. The first-order valence-corrected chi connectivity index (χ1v) is 8.56. The van der Waals surface area contributed by atoms with E-state index in [1.165, 1.54) is 7.11 Å². The molecule has 1 aliphatic heterocycles. The van der Waals surface area contributed by atoms with Gasteiger partial charge in [0.2, 0.25) is 5.91 Å². The normalized spacial score (nSPS) is 17.1. The molecule has 1 saturated heterocycles. The molecular weight excluding hydrogens is 328 g/mol. The Morgan fingerprint density at radius 2 is 1.96 bits per heavy atom. The molecule has 0 spiro atoms. The highest BCUT2D eigenvalue weighted by Gasteiger charge is 2.28. The summed E-state index contributed by atoms with van der Waals surface area (Å²) in [5.74, 6) is 0.481. The molecule has 1 aromatic carbocycles. The van der Waals surface area contributed by atoms with Crippen molar-refractivity contribution in [3.8, 4) is 5.75 Å². The van der Waals surface area contributed by atoms with Gasteiger partial charge in [-0.15, -0.1) is 0 Å². The molecular formula is C18H27ClN2O3. The van der Waals surface area contributed by atoms with Crippen LogP contribution in [0.2, 0.25) is 5.02 Å². The molecule has 6 heteroatoms. The lowest BCUT2D eigenvalue weighted by atomic mass is 9.97. The lowest BCUT2D eigenvalue weighted by molar-refractivity contribution is -0.123. The van der Waals surface area contributed by atoms with Crippen molar-refractivity contribution in [3.05, 3.63) is 28.8 Å². The van der Waals surface area contributed by atoms with Crippen LogP contribution in [0, 0.1) is 11.8 Å². The zero-order valence-electron chi connectivity index (χ0n) is 14.8. The van der Waals surface area contributed by atoms with E-state index in [9.17, 15) is 9.59 Å². The van der Waals surface area contributed by atoms with Gasteiger partial charge in [0.25, 0.3) is 5.91 Å². The number of halogens is 1. The molecule has 2 N–H and O–H groups in total. The Balaban J connectivity index is 0.000000648. The van der Waals surface area contributed by atoms with Crippen LogP contribution in [0.5, 0.6) is 5.75 Å². The minimum atomic E-state index is -0.361. The minimum absolute atomic E-state index is 0.185. The van der Waals surface area contributed by atoms with Crippen molar-refractivity contribution in [2.75, 3.05) is 20.2 Å². The van der Waals surface area contributed by atoms with Crippen LogP contribution in [-0.4, -0.2) is 36.9 Å². The second-order valence-electron chi connectivity index (χ2n) is 6.57. The predicted molar refractivity (Wildman–Crippen MR) is 96.3 cm³/mol. The smallest absolute Gasteiger partial charge is 0.257 e. The van der Waals surface area contributed by atoms with E-state index in [0.29, 0.717) is 29.4 Å². The topological polar surface area (TPSA) is 72.6 Å². The molecule has 1 fully saturated rings. The number of nitrogens with two attached hydrogens (primary N) is 1. The number of carbonyl (C=O) groups is 2. The van der Waals surface area contributed by atoms with Crippen molar-refractivity contribution < 1.29 is 14.3 Å². The van der Waals surface area contributed by atoms with E-state index in [0.717, 1.165) is 18.8 Å². The van der Waals surface area contributed by atoms with Gasteiger partial charge in [-0.2, -0.15) is 0 Å². The highest BCUT2D eigenvalue weighted by Crippen LogP contribution is 2.26. The second kappa shape index (κ2) is 9.52. The molecule has 5 nitrogen and oxygen atoms in total. The van der Waals surface area contributed by atoms with Crippen LogP contribution >= 0.6 is 11.6 Å². The molecule has 0 bridgehead atoms. The van der Waals surface area contributed by atoms with E-state index < -0.39 is 0 Å². The summed E-state index contributed by atoms with van der Waals surface area (Å²) in [6, 6.07) is 4.90. The molecule has 1 aliphatic rings. The number of amides is 2. The molecule has 24 heavy (non-hydrogen) atoms. The van der Waals surface area contributed by atoms with Gasteiger partial charge in [0, 0.05) is 18.1 Å². The van der Waals surface area contributed by atoms with Gasteiger partial charge in [-0.1, -0.05) is 32.4 Å². The SMILES string of the molecule is CC(C)C.COc1ccc(Cl)cc1C(=O)N1CCC[C@@H](C(N)=O)C1. The molecule has 2 rings (SSSR count). The van der Waals surface area contributed by atoms with E-state index in [2.05, 4.69) is 20.8 Å². The van der Waals surface area contributed by atoms with E-state index >= 15 is 0 Å². The molecule has 1 atom stereocenters. The molecule has 0 aliphatic carbocycles. The van der Waals surface area contributed by atoms with Crippen molar-refractivity contribution in [3.63, 3.8) is 0 Å². The summed E-state index contributed by atoms with van der Waals surface area (Å²) in [6.45, 7) is 7.46. The zero-order chi connectivity index (χ0) is 18.3. The summed E-state index contributed by atoms with van der Waals surface area (Å²) in [6.07, 6.45) is 1.49. The van der Waals surface area contributed by atoms with E-state index in [1.54, 1.807) is 23.1 Å². The first-order chi connectivity index (χ1) is 11.3. The quantitative estimate of drug-likeness (QED) is 0.904. The maximum Gasteiger partial charge on any atom is 0.257 e. The molecule has 134 valence electrons.